The van der Waals surface area contributed by atoms with Crippen molar-refractivity contribution in [1.82, 2.24) is 5.32 Å². The average Bonchev–Trinajstić information content (AvgIpc) is 3.05. The molecule has 0 amide bonds. The van der Waals surface area contributed by atoms with Gasteiger partial charge in [-0.15, -0.1) is 11.3 Å². The molecule has 1 aromatic carbocycles. The van der Waals surface area contributed by atoms with Crippen molar-refractivity contribution in [2.75, 3.05) is 6.54 Å². The van der Waals surface area contributed by atoms with Gasteiger partial charge in [-0.2, -0.15) is 0 Å². The van der Waals surface area contributed by atoms with Gasteiger partial charge in [0.05, 0.1) is 0 Å². The molecule has 102 valence electrons. The highest BCUT2D eigenvalue weighted by atomic mass is 32.1. The molecular weight excluding hydrogens is 250 g/mol. The van der Waals surface area contributed by atoms with Gasteiger partial charge in [-0.25, -0.2) is 0 Å². The monoisotopic (exact) mass is 273 g/mol. The summed E-state index contributed by atoms with van der Waals surface area (Å²) in [5, 5.41) is 7.60. The molecule has 1 aliphatic rings. The fourth-order valence-electron chi connectivity index (χ4n) is 3.35. The van der Waals surface area contributed by atoms with Crippen LogP contribution in [0.2, 0.25) is 0 Å². The molecule has 0 saturated heterocycles. The topological polar surface area (TPSA) is 12.0 Å². The smallest absolute Gasteiger partial charge is 0.0345 e. The van der Waals surface area contributed by atoms with Gasteiger partial charge in [0.25, 0.3) is 0 Å². The number of fused-ring (bicyclic) bond motifs is 1. The molecule has 0 bridgehead atoms. The van der Waals surface area contributed by atoms with Crippen molar-refractivity contribution in [3.8, 4) is 0 Å². The highest BCUT2D eigenvalue weighted by Crippen LogP contribution is 2.33. The number of hydrogen-bond donors (Lipinski definition) is 1. The number of hydrogen-bond acceptors (Lipinski definition) is 2. The van der Waals surface area contributed by atoms with Crippen LogP contribution >= 0.6 is 11.3 Å². The van der Waals surface area contributed by atoms with E-state index in [0.717, 1.165) is 12.0 Å². The Hall–Kier alpha value is -0.860. The van der Waals surface area contributed by atoms with Gasteiger partial charge >= 0.3 is 0 Å². The van der Waals surface area contributed by atoms with Gasteiger partial charge in [-0.05, 0) is 60.5 Å². The van der Waals surface area contributed by atoms with Crippen molar-refractivity contribution < 1.29 is 0 Å². The van der Waals surface area contributed by atoms with Crippen molar-refractivity contribution in [3.63, 3.8) is 0 Å². The molecule has 1 nitrogen and oxygen atoms in total. The summed E-state index contributed by atoms with van der Waals surface area (Å²) in [5.74, 6) is 0.838. The van der Waals surface area contributed by atoms with Crippen LogP contribution < -0.4 is 5.32 Å². The van der Waals surface area contributed by atoms with Gasteiger partial charge in [0, 0.05) is 10.7 Å². The van der Waals surface area contributed by atoms with Crippen molar-refractivity contribution >= 4 is 21.4 Å². The predicted molar refractivity (Wildman–Crippen MR) is 85.0 cm³/mol. The third-order valence-corrected chi connectivity index (χ3v) is 5.37. The van der Waals surface area contributed by atoms with Crippen molar-refractivity contribution in [2.45, 2.75) is 45.1 Å². The summed E-state index contributed by atoms with van der Waals surface area (Å²) in [6.07, 6.45) is 6.66. The third kappa shape index (κ3) is 2.85. The zero-order valence-corrected chi connectivity index (χ0v) is 12.5. The Balaban J connectivity index is 1.73. The van der Waals surface area contributed by atoms with Crippen molar-refractivity contribution in [3.05, 3.63) is 35.2 Å². The van der Waals surface area contributed by atoms with Gasteiger partial charge in [0.2, 0.25) is 0 Å². The Morgan fingerprint density at radius 3 is 3.05 bits per heavy atom. The van der Waals surface area contributed by atoms with Gasteiger partial charge in [0.15, 0.2) is 0 Å². The lowest BCUT2D eigenvalue weighted by Gasteiger charge is -2.20. The zero-order chi connectivity index (χ0) is 13.1. The number of thiophene rings is 1. The molecule has 1 saturated carbocycles. The first-order valence-corrected chi connectivity index (χ1v) is 8.45. The molecule has 1 N–H and O–H groups in total. The zero-order valence-electron chi connectivity index (χ0n) is 11.7. The van der Waals surface area contributed by atoms with Gasteiger partial charge in [-0.1, -0.05) is 31.5 Å². The maximum atomic E-state index is 3.75. The maximum absolute atomic E-state index is 3.75. The lowest BCUT2D eigenvalue weighted by Crippen LogP contribution is -2.33. The summed E-state index contributed by atoms with van der Waals surface area (Å²) in [4.78, 5) is 0. The molecule has 2 unspecified atom stereocenters. The third-order valence-electron chi connectivity index (χ3n) is 4.36. The molecule has 2 atom stereocenters. The molecule has 0 spiro atoms. The average molecular weight is 273 g/mol. The van der Waals surface area contributed by atoms with Crippen LogP contribution in [0.4, 0.5) is 0 Å². The molecule has 1 fully saturated rings. The van der Waals surface area contributed by atoms with E-state index in [1.54, 1.807) is 5.56 Å². The van der Waals surface area contributed by atoms with E-state index < -0.39 is 0 Å². The summed E-state index contributed by atoms with van der Waals surface area (Å²) in [6.45, 7) is 3.43. The van der Waals surface area contributed by atoms with Crippen LogP contribution in [0, 0.1) is 5.92 Å². The van der Waals surface area contributed by atoms with Gasteiger partial charge < -0.3 is 5.32 Å². The van der Waals surface area contributed by atoms with Gasteiger partial charge in [0.1, 0.15) is 0 Å². The van der Waals surface area contributed by atoms with E-state index in [0.29, 0.717) is 0 Å². The first-order chi connectivity index (χ1) is 9.38. The first-order valence-electron chi connectivity index (χ1n) is 7.57. The summed E-state index contributed by atoms with van der Waals surface area (Å²) in [5.41, 5.74) is 1.57. The highest BCUT2D eigenvalue weighted by molar-refractivity contribution is 7.17. The second-order valence-corrected chi connectivity index (χ2v) is 6.62. The Morgan fingerprint density at radius 2 is 2.16 bits per heavy atom. The quantitative estimate of drug-likeness (QED) is 0.838. The Kier molecular flexibility index (Phi) is 4.19. The molecule has 3 rings (SSSR count). The van der Waals surface area contributed by atoms with Crippen molar-refractivity contribution in [2.24, 2.45) is 5.92 Å². The maximum Gasteiger partial charge on any atom is 0.0345 e. The van der Waals surface area contributed by atoms with E-state index in [2.05, 4.69) is 41.9 Å². The molecule has 1 heterocycles. The molecule has 1 aromatic heterocycles. The normalized spacial score (nSPS) is 23.2. The minimum absolute atomic E-state index is 0.749. The molecule has 0 aliphatic heterocycles. The molecular formula is C17H23NS. The number of benzene rings is 1. The largest absolute Gasteiger partial charge is 0.314 e. The van der Waals surface area contributed by atoms with Crippen LogP contribution in [0.25, 0.3) is 10.1 Å². The van der Waals surface area contributed by atoms with E-state index in [9.17, 15) is 0 Å². The predicted octanol–water partition coefficient (Wildman–Crippen LogP) is 4.61. The Labute approximate surface area is 120 Å². The number of rotatable bonds is 5. The van der Waals surface area contributed by atoms with Crippen LogP contribution in [-0.2, 0) is 6.42 Å². The summed E-state index contributed by atoms with van der Waals surface area (Å²) in [7, 11) is 0. The van der Waals surface area contributed by atoms with E-state index >= 15 is 0 Å². The van der Waals surface area contributed by atoms with E-state index in [1.807, 2.05) is 11.3 Å². The fourth-order valence-corrected chi connectivity index (χ4v) is 4.33. The fraction of sp³-hybridized carbons (Fsp3) is 0.529. The van der Waals surface area contributed by atoms with E-state index in [-0.39, 0.29) is 0 Å². The van der Waals surface area contributed by atoms with E-state index in [4.69, 9.17) is 0 Å². The van der Waals surface area contributed by atoms with Crippen LogP contribution in [0.1, 0.15) is 38.2 Å². The van der Waals surface area contributed by atoms with Gasteiger partial charge in [-0.3, -0.25) is 0 Å². The lowest BCUT2D eigenvalue weighted by molar-refractivity contribution is 0.400. The standard InChI is InChI=1S/C17H23NS/c1-2-10-18-16-8-5-6-13(16)11-14-12-19-17-9-4-3-7-15(14)17/h3-4,7,9,12-13,16,18H,2,5-6,8,10-11H2,1H3. The molecule has 2 aromatic rings. The number of nitrogens with one attached hydrogen (secondary N) is 1. The minimum Gasteiger partial charge on any atom is -0.314 e. The summed E-state index contributed by atoms with van der Waals surface area (Å²) in [6, 6.07) is 9.58. The summed E-state index contributed by atoms with van der Waals surface area (Å²) < 4.78 is 1.44. The highest BCUT2D eigenvalue weighted by Gasteiger charge is 2.27. The second kappa shape index (κ2) is 6.06. The Morgan fingerprint density at radius 1 is 1.26 bits per heavy atom. The molecule has 0 radical (unpaired) electrons. The summed E-state index contributed by atoms with van der Waals surface area (Å²) >= 11 is 1.90. The molecule has 2 heteroatoms. The van der Waals surface area contributed by atoms with Crippen LogP contribution in [0.5, 0.6) is 0 Å². The van der Waals surface area contributed by atoms with E-state index in [1.165, 1.54) is 48.7 Å². The Bertz CT molecular complexity index is 531. The minimum atomic E-state index is 0.749. The first kappa shape index (κ1) is 13.1. The van der Waals surface area contributed by atoms with Crippen LogP contribution in [0.3, 0.4) is 0 Å². The molecule has 1 aliphatic carbocycles. The molecule has 19 heavy (non-hydrogen) atoms. The van der Waals surface area contributed by atoms with Crippen molar-refractivity contribution in [1.29, 1.82) is 0 Å². The lowest BCUT2D eigenvalue weighted by atomic mass is 9.94. The second-order valence-electron chi connectivity index (χ2n) is 5.71. The van der Waals surface area contributed by atoms with Crippen LogP contribution in [-0.4, -0.2) is 12.6 Å². The van der Waals surface area contributed by atoms with Crippen LogP contribution in [0.15, 0.2) is 29.6 Å². The SMILES string of the molecule is CCCNC1CCCC1Cc1csc2ccccc12.